The molecule has 2 aromatic rings. The standard InChI is InChI=1S/C24H25F2N3O5/c1-12-3-6-17(34-2)24-8-7-16-18(22(32)27-10-13-4-5-14(25)9-15(13)26)20(30)21(31)19(29(16)24)23(33)28(12)11-24/h4-5,9,12,17,31H,3,6-8,10-11H2,1-2H3,(H,27,32). The van der Waals surface area contributed by atoms with E-state index in [1.54, 1.807) is 16.6 Å². The van der Waals surface area contributed by atoms with E-state index in [1.165, 1.54) is 6.07 Å². The first-order chi connectivity index (χ1) is 16.2. The number of ether oxygens (including phenoxy) is 1. The monoisotopic (exact) mass is 473 g/mol. The minimum absolute atomic E-state index is 0.0490. The number of hydrogen-bond donors (Lipinski definition) is 2. The quantitative estimate of drug-likeness (QED) is 0.708. The summed E-state index contributed by atoms with van der Waals surface area (Å²) in [4.78, 5) is 41.3. The lowest BCUT2D eigenvalue weighted by Crippen LogP contribution is -2.58. The number of nitrogens with zero attached hydrogens (tertiary/aromatic N) is 2. The molecule has 3 atom stereocenters. The molecule has 3 aliphatic rings. The average Bonchev–Trinajstić information content (AvgIpc) is 3.11. The van der Waals surface area contributed by atoms with E-state index in [0.717, 1.165) is 6.07 Å². The third-order valence-electron chi connectivity index (χ3n) is 7.54. The highest BCUT2D eigenvalue weighted by Crippen LogP contribution is 2.47. The van der Waals surface area contributed by atoms with E-state index in [0.29, 0.717) is 44.0 Å². The second-order valence-electron chi connectivity index (χ2n) is 9.29. The van der Waals surface area contributed by atoms with Crippen molar-refractivity contribution >= 4 is 11.8 Å². The molecule has 2 bridgehead atoms. The molecule has 3 aliphatic heterocycles. The molecule has 1 aromatic carbocycles. The van der Waals surface area contributed by atoms with Crippen molar-refractivity contribution in [2.75, 3.05) is 13.7 Å². The number of aromatic hydroxyl groups is 1. The minimum Gasteiger partial charge on any atom is -0.503 e. The van der Waals surface area contributed by atoms with Gasteiger partial charge in [0.15, 0.2) is 11.4 Å². The molecule has 5 rings (SSSR count). The van der Waals surface area contributed by atoms with Gasteiger partial charge in [0.2, 0.25) is 5.43 Å². The fraction of sp³-hybridized carbons (Fsp3) is 0.458. The van der Waals surface area contributed by atoms with Gasteiger partial charge in [0.05, 0.1) is 11.6 Å². The van der Waals surface area contributed by atoms with E-state index in [2.05, 4.69) is 5.32 Å². The van der Waals surface area contributed by atoms with E-state index in [9.17, 15) is 28.3 Å². The predicted molar refractivity (Wildman–Crippen MR) is 117 cm³/mol. The number of hydrogen-bond acceptors (Lipinski definition) is 5. The number of aromatic nitrogens is 1. The van der Waals surface area contributed by atoms with E-state index in [1.807, 2.05) is 6.92 Å². The zero-order chi connectivity index (χ0) is 24.4. The van der Waals surface area contributed by atoms with Gasteiger partial charge in [0.1, 0.15) is 17.2 Å². The highest BCUT2D eigenvalue weighted by Gasteiger charge is 2.56. The molecule has 1 aromatic heterocycles. The molecular weight excluding hydrogens is 448 g/mol. The summed E-state index contributed by atoms with van der Waals surface area (Å²) >= 11 is 0. The maximum absolute atomic E-state index is 14.0. The third kappa shape index (κ3) is 3.08. The normalized spacial score (nSPS) is 25.2. The molecule has 8 nitrogen and oxygen atoms in total. The average molecular weight is 473 g/mol. The fourth-order valence-corrected chi connectivity index (χ4v) is 5.81. The van der Waals surface area contributed by atoms with Crippen molar-refractivity contribution in [2.24, 2.45) is 0 Å². The van der Waals surface area contributed by atoms with Crippen LogP contribution < -0.4 is 10.7 Å². The number of nitrogens with one attached hydrogen (secondary N) is 1. The van der Waals surface area contributed by atoms with Crippen LogP contribution in [-0.2, 0) is 23.2 Å². The SMILES string of the molecule is COC1CCC(C)N2CC13CCc1c(C(=O)NCc4ccc(F)cc4F)c(=O)c(O)c(n13)C2=O. The zero-order valence-electron chi connectivity index (χ0n) is 18.9. The van der Waals surface area contributed by atoms with E-state index in [4.69, 9.17) is 4.74 Å². The second kappa shape index (κ2) is 7.90. The van der Waals surface area contributed by atoms with Crippen molar-refractivity contribution in [2.45, 2.75) is 56.8 Å². The number of carbonyl (C=O) groups is 2. The molecule has 4 heterocycles. The first-order valence-electron chi connectivity index (χ1n) is 11.3. The number of carbonyl (C=O) groups excluding carboxylic acids is 2. The molecule has 0 saturated carbocycles. The summed E-state index contributed by atoms with van der Waals surface area (Å²) in [7, 11) is 1.60. The fourth-order valence-electron chi connectivity index (χ4n) is 5.81. The van der Waals surface area contributed by atoms with Gasteiger partial charge in [-0.2, -0.15) is 0 Å². The lowest BCUT2D eigenvalue weighted by molar-refractivity contribution is -0.0199. The molecule has 34 heavy (non-hydrogen) atoms. The number of rotatable bonds is 4. The molecule has 0 radical (unpaired) electrons. The lowest BCUT2D eigenvalue weighted by atomic mass is 9.86. The van der Waals surface area contributed by atoms with Crippen molar-refractivity contribution in [3.05, 3.63) is 62.6 Å². The topological polar surface area (TPSA) is 101 Å². The molecule has 2 N–H and O–H groups in total. The minimum atomic E-state index is -0.940. The summed E-state index contributed by atoms with van der Waals surface area (Å²) in [6, 6.07) is 2.90. The van der Waals surface area contributed by atoms with Gasteiger partial charge in [-0.3, -0.25) is 14.4 Å². The number of halogens is 2. The smallest absolute Gasteiger partial charge is 0.274 e. The van der Waals surface area contributed by atoms with Crippen LogP contribution in [0.25, 0.3) is 0 Å². The molecule has 1 saturated heterocycles. The van der Waals surface area contributed by atoms with Gasteiger partial charge in [0.25, 0.3) is 11.8 Å². The van der Waals surface area contributed by atoms with Crippen molar-refractivity contribution in [3.8, 4) is 5.75 Å². The first-order valence-corrected chi connectivity index (χ1v) is 11.3. The Hall–Kier alpha value is -3.27. The van der Waals surface area contributed by atoms with Crippen LogP contribution in [0, 0.1) is 11.6 Å². The Bertz CT molecular complexity index is 1280. The van der Waals surface area contributed by atoms with E-state index in [-0.39, 0.29) is 35.5 Å². The Balaban J connectivity index is 1.61. The largest absolute Gasteiger partial charge is 0.503 e. The van der Waals surface area contributed by atoms with Gasteiger partial charge in [-0.25, -0.2) is 8.78 Å². The van der Waals surface area contributed by atoms with Gasteiger partial charge in [-0.15, -0.1) is 0 Å². The van der Waals surface area contributed by atoms with Gasteiger partial charge >= 0.3 is 0 Å². The van der Waals surface area contributed by atoms with Crippen LogP contribution >= 0.6 is 0 Å². The predicted octanol–water partition coefficient (Wildman–Crippen LogP) is 2.06. The summed E-state index contributed by atoms with van der Waals surface area (Å²) in [5.74, 6) is -3.58. The van der Waals surface area contributed by atoms with Crippen LogP contribution in [0.2, 0.25) is 0 Å². The highest BCUT2D eigenvalue weighted by molar-refractivity contribution is 6.00. The molecule has 2 amide bonds. The maximum Gasteiger partial charge on any atom is 0.274 e. The third-order valence-corrected chi connectivity index (χ3v) is 7.54. The molecule has 10 heteroatoms. The number of pyridine rings is 1. The number of methoxy groups -OCH3 is 1. The lowest BCUT2D eigenvalue weighted by Gasteiger charge is -2.46. The van der Waals surface area contributed by atoms with Crippen LogP contribution in [0.1, 0.15) is 58.3 Å². The highest BCUT2D eigenvalue weighted by atomic mass is 19.1. The van der Waals surface area contributed by atoms with Crippen molar-refractivity contribution in [1.29, 1.82) is 0 Å². The van der Waals surface area contributed by atoms with Crippen molar-refractivity contribution < 1.29 is 28.2 Å². The van der Waals surface area contributed by atoms with Crippen LogP contribution in [0.4, 0.5) is 8.78 Å². The Labute approximate surface area is 194 Å². The van der Waals surface area contributed by atoms with Gasteiger partial charge < -0.3 is 24.6 Å². The number of benzene rings is 1. The van der Waals surface area contributed by atoms with Crippen LogP contribution in [-0.4, -0.2) is 52.2 Å². The number of fused-ring (bicyclic) bond motifs is 1. The van der Waals surface area contributed by atoms with Crippen LogP contribution in [0.3, 0.4) is 0 Å². The summed E-state index contributed by atoms with van der Waals surface area (Å²) in [5, 5.41) is 13.4. The Kier molecular flexibility index (Phi) is 5.23. The Morgan fingerprint density at radius 2 is 2.06 bits per heavy atom. The first kappa shape index (κ1) is 22.5. The second-order valence-corrected chi connectivity index (χ2v) is 9.29. The van der Waals surface area contributed by atoms with Crippen molar-refractivity contribution in [1.82, 2.24) is 14.8 Å². The van der Waals surface area contributed by atoms with Crippen molar-refractivity contribution in [3.63, 3.8) is 0 Å². The number of amides is 2. The summed E-state index contributed by atoms with van der Waals surface area (Å²) in [6.07, 6.45) is 1.98. The molecular formula is C24H25F2N3O5. The zero-order valence-corrected chi connectivity index (χ0v) is 18.9. The maximum atomic E-state index is 14.0. The van der Waals surface area contributed by atoms with E-state index < -0.39 is 40.2 Å². The summed E-state index contributed by atoms with van der Waals surface area (Å²) < 4.78 is 34.7. The van der Waals surface area contributed by atoms with Crippen LogP contribution in [0.5, 0.6) is 5.75 Å². The van der Waals surface area contributed by atoms with Gasteiger partial charge in [-0.1, -0.05) is 6.07 Å². The molecule has 180 valence electrons. The summed E-state index contributed by atoms with van der Waals surface area (Å²) in [5.41, 5.74) is -1.62. The summed E-state index contributed by atoms with van der Waals surface area (Å²) in [6.45, 7) is 2.01. The molecule has 1 spiro atoms. The Morgan fingerprint density at radius 3 is 2.76 bits per heavy atom. The molecule has 0 aliphatic carbocycles. The van der Waals surface area contributed by atoms with Gasteiger partial charge in [0, 0.05) is 43.6 Å². The Morgan fingerprint density at radius 1 is 1.29 bits per heavy atom. The van der Waals surface area contributed by atoms with E-state index >= 15 is 0 Å². The molecule has 3 unspecified atom stereocenters. The van der Waals surface area contributed by atoms with Gasteiger partial charge in [-0.05, 0) is 38.7 Å². The molecule has 1 fully saturated rings. The van der Waals surface area contributed by atoms with Crippen LogP contribution in [0.15, 0.2) is 23.0 Å².